The van der Waals surface area contributed by atoms with Gasteiger partial charge in [0.15, 0.2) is 18.5 Å². The van der Waals surface area contributed by atoms with Crippen molar-refractivity contribution in [2.24, 2.45) is 5.73 Å². The summed E-state index contributed by atoms with van der Waals surface area (Å²) in [4.78, 5) is 11.7. The smallest absolute Gasteiger partial charge is 0.213 e. The molecule has 112 valence electrons. The summed E-state index contributed by atoms with van der Waals surface area (Å²) in [5.74, 6) is 0.0858. The fraction of sp³-hybridized carbons (Fsp3) is 0.263. The van der Waals surface area contributed by atoms with E-state index in [9.17, 15) is 4.79 Å². The van der Waals surface area contributed by atoms with Gasteiger partial charge in [0, 0.05) is 22.4 Å². The Balaban J connectivity index is 2.37. The zero-order chi connectivity index (χ0) is 15.7. The molecule has 0 aliphatic rings. The van der Waals surface area contributed by atoms with Crippen molar-refractivity contribution < 1.29 is 9.36 Å². The van der Waals surface area contributed by atoms with Crippen molar-refractivity contribution in [1.82, 2.24) is 0 Å². The minimum Gasteiger partial charge on any atom is -0.325 e. The number of nitrogens with zero attached hydrogens (tertiary/aromatic N) is 1. The largest absolute Gasteiger partial charge is 0.325 e. The van der Waals surface area contributed by atoms with Crippen LogP contribution in [-0.2, 0) is 13.0 Å². The lowest BCUT2D eigenvalue weighted by molar-refractivity contribution is -0.667. The Kier molecular flexibility index (Phi) is 3.90. The van der Waals surface area contributed by atoms with Gasteiger partial charge in [0.25, 0.3) is 0 Å². The highest BCUT2D eigenvalue weighted by atomic mass is 16.1. The van der Waals surface area contributed by atoms with E-state index in [2.05, 4.69) is 35.9 Å². The molecule has 1 aromatic heterocycles. The van der Waals surface area contributed by atoms with E-state index < -0.39 is 0 Å². The summed E-state index contributed by atoms with van der Waals surface area (Å²) in [6.07, 6.45) is 3.17. The summed E-state index contributed by atoms with van der Waals surface area (Å²) in [5, 5.41) is 3.60. The van der Waals surface area contributed by atoms with Gasteiger partial charge in [-0.05, 0) is 31.0 Å². The SMILES string of the molecule is CCc1ccc2c(c1)c[n+](CCN)c1cc(C(C)=O)ccc21. The van der Waals surface area contributed by atoms with Crippen LogP contribution in [0.2, 0.25) is 0 Å². The van der Waals surface area contributed by atoms with E-state index in [-0.39, 0.29) is 5.78 Å². The number of fused-ring (bicyclic) bond motifs is 3. The second-order valence-corrected chi connectivity index (χ2v) is 5.67. The molecule has 3 nitrogen and oxygen atoms in total. The topological polar surface area (TPSA) is 47.0 Å². The first-order valence-corrected chi connectivity index (χ1v) is 7.74. The van der Waals surface area contributed by atoms with Gasteiger partial charge in [0.1, 0.15) is 0 Å². The Morgan fingerprint density at radius 1 is 1.14 bits per heavy atom. The summed E-state index contributed by atoms with van der Waals surface area (Å²) in [5.41, 5.74) is 8.89. The van der Waals surface area contributed by atoms with Crippen LogP contribution >= 0.6 is 0 Å². The van der Waals surface area contributed by atoms with Gasteiger partial charge in [-0.2, -0.15) is 4.57 Å². The molecule has 2 N–H and O–H groups in total. The van der Waals surface area contributed by atoms with Crippen molar-refractivity contribution >= 4 is 27.5 Å². The standard InChI is InChI=1S/C19H21N2O/c1-3-14-4-6-17-16(10-14)12-21(9-8-20)19-11-15(13(2)22)5-7-18(17)19/h4-7,10-12H,3,8-9,20H2,1-2H3/q+1. The molecule has 22 heavy (non-hydrogen) atoms. The first-order chi connectivity index (χ1) is 10.6. The van der Waals surface area contributed by atoms with Gasteiger partial charge in [-0.1, -0.05) is 25.1 Å². The first-order valence-electron chi connectivity index (χ1n) is 7.74. The molecule has 0 amide bonds. The van der Waals surface area contributed by atoms with Crippen molar-refractivity contribution in [3.8, 4) is 0 Å². The molecule has 0 spiro atoms. The Labute approximate surface area is 130 Å². The van der Waals surface area contributed by atoms with E-state index >= 15 is 0 Å². The molecular weight excluding hydrogens is 272 g/mol. The van der Waals surface area contributed by atoms with E-state index in [0.29, 0.717) is 6.54 Å². The lowest BCUT2D eigenvalue weighted by Gasteiger charge is -2.07. The fourth-order valence-corrected chi connectivity index (χ4v) is 2.96. The lowest BCUT2D eigenvalue weighted by Crippen LogP contribution is -2.38. The van der Waals surface area contributed by atoms with Crippen LogP contribution in [0.15, 0.2) is 42.6 Å². The van der Waals surface area contributed by atoms with E-state index in [0.717, 1.165) is 24.0 Å². The molecule has 3 rings (SSSR count). The van der Waals surface area contributed by atoms with Gasteiger partial charge in [-0.3, -0.25) is 4.79 Å². The summed E-state index contributed by atoms with van der Waals surface area (Å²) >= 11 is 0. The van der Waals surface area contributed by atoms with Crippen molar-refractivity contribution in [2.75, 3.05) is 6.54 Å². The zero-order valence-electron chi connectivity index (χ0n) is 13.1. The molecule has 2 aromatic carbocycles. The van der Waals surface area contributed by atoms with Crippen LogP contribution in [0, 0.1) is 0 Å². The average molecular weight is 293 g/mol. The van der Waals surface area contributed by atoms with E-state index in [1.807, 2.05) is 18.2 Å². The minimum atomic E-state index is 0.0858. The highest BCUT2D eigenvalue weighted by Gasteiger charge is 2.15. The number of rotatable bonds is 4. The van der Waals surface area contributed by atoms with Crippen LogP contribution in [0.1, 0.15) is 29.8 Å². The molecule has 0 aliphatic heterocycles. The van der Waals surface area contributed by atoms with Crippen LogP contribution in [0.5, 0.6) is 0 Å². The number of ketones is 1. The number of nitrogens with two attached hydrogens (primary N) is 1. The highest BCUT2D eigenvalue weighted by Crippen LogP contribution is 2.25. The van der Waals surface area contributed by atoms with Gasteiger partial charge in [-0.15, -0.1) is 0 Å². The van der Waals surface area contributed by atoms with Gasteiger partial charge in [-0.25, -0.2) is 0 Å². The maximum absolute atomic E-state index is 11.7. The van der Waals surface area contributed by atoms with Gasteiger partial charge >= 0.3 is 0 Å². The van der Waals surface area contributed by atoms with Crippen molar-refractivity contribution in [3.05, 3.63) is 53.7 Å². The minimum absolute atomic E-state index is 0.0858. The zero-order valence-corrected chi connectivity index (χ0v) is 13.1. The molecule has 1 heterocycles. The maximum Gasteiger partial charge on any atom is 0.213 e. The third kappa shape index (κ3) is 2.48. The molecule has 3 heteroatoms. The lowest BCUT2D eigenvalue weighted by atomic mass is 10.0. The third-order valence-corrected chi connectivity index (χ3v) is 4.19. The average Bonchev–Trinajstić information content (AvgIpc) is 2.54. The Bertz CT molecular complexity index is 868. The molecule has 0 atom stereocenters. The molecule has 0 saturated carbocycles. The summed E-state index contributed by atoms with van der Waals surface area (Å²) in [6.45, 7) is 5.07. The van der Waals surface area contributed by atoms with Crippen molar-refractivity contribution in [1.29, 1.82) is 0 Å². The van der Waals surface area contributed by atoms with Crippen molar-refractivity contribution in [2.45, 2.75) is 26.8 Å². The van der Waals surface area contributed by atoms with Crippen LogP contribution in [0.25, 0.3) is 21.7 Å². The Morgan fingerprint density at radius 2 is 1.91 bits per heavy atom. The molecule has 0 bridgehead atoms. The Hall–Kier alpha value is -2.26. The number of pyridine rings is 1. The normalized spacial score (nSPS) is 11.2. The molecule has 0 saturated heterocycles. The van der Waals surface area contributed by atoms with Gasteiger partial charge in [0.05, 0.1) is 11.9 Å². The molecule has 3 aromatic rings. The fourth-order valence-electron chi connectivity index (χ4n) is 2.96. The van der Waals surface area contributed by atoms with Crippen LogP contribution in [0.4, 0.5) is 0 Å². The monoisotopic (exact) mass is 293 g/mol. The van der Waals surface area contributed by atoms with Crippen LogP contribution < -0.4 is 10.3 Å². The molecular formula is C19H21N2O+. The van der Waals surface area contributed by atoms with Crippen molar-refractivity contribution in [3.63, 3.8) is 0 Å². The Morgan fingerprint density at radius 3 is 2.59 bits per heavy atom. The number of hydrogen-bond acceptors (Lipinski definition) is 2. The number of aromatic nitrogens is 1. The quantitative estimate of drug-likeness (QED) is 0.456. The second kappa shape index (κ2) is 5.85. The molecule has 0 aliphatic carbocycles. The number of aryl methyl sites for hydroxylation is 1. The molecule has 0 unspecified atom stereocenters. The van der Waals surface area contributed by atoms with E-state index in [1.54, 1.807) is 6.92 Å². The molecule has 0 fully saturated rings. The number of benzene rings is 2. The summed E-state index contributed by atoms with van der Waals surface area (Å²) in [7, 11) is 0. The van der Waals surface area contributed by atoms with E-state index in [1.165, 1.54) is 21.7 Å². The van der Waals surface area contributed by atoms with Crippen LogP contribution in [-0.4, -0.2) is 12.3 Å². The number of hydrogen-bond donors (Lipinski definition) is 1. The predicted molar refractivity (Wildman–Crippen MR) is 90.1 cm³/mol. The predicted octanol–water partition coefficient (Wildman–Crippen LogP) is 3.00. The number of carbonyl (C=O) groups is 1. The summed E-state index contributed by atoms with van der Waals surface area (Å²) in [6, 6.07) is 12.5. The van der Waals surface area contributed by atoms with Gasteiger partial charge < -0.3 is 5.73 Å². The second-order valence-electron chi connectivity index (χ2n) is 5.67. The highest BCUT2D eigenvalue weighted by molar-refractivity contribution is 6.06. The third-order valence-electron chi connectivity index (χ3n) is 4.19. The first kappa shape index (κ1) is 14.7. The number of carbonyl (C=O) groups excluding carboxylic acids is 1. The maximum atomic E-state index is 11.7. The van der Waals surface area contributed by atoms with Gasteiger partial charge in [0.2, 0.25) is 5.52 Å². The summed E-state index contributed by atoms with van der Waals surface area (Å²) < 4.78 is 2.16. The number of Topliss-reactive ketones (excluding diaryl/α,β-unsaturated/α-hetero) is 1. The van der Waals surface area contributed by atoms with Crippen LogP contribution in [0.3, 0.4) is 0 Å². The van der Waals surface area contributed by atoms with E-state index in [4.69, 9.17) is 5.73 Å². The molecule has 0 radical (unpaired) electrons.